The highest BCUT2D eigenvalue weighted by Crippen LogP contribution is 2.18. The van der Waals surface area contributed by atoms with Crippen LogP contribution in [-0.2, 0) is 0 Å². The molecule has 8 heteroatoms. The molecule has 0 bridgehead atoms. The van der Waals surface area contributed by atoms with Crippen LogP contribution in [0.4, 0.5) is 0 Å². The Bertz CT molecular complexity index is 702. The molecule has 2 aromatic rings. The maximum absolute atomic E-state index is 12.6. The summed E-state index contributed by atoms with van der Waals surface area (Å²) in [4.78, 5) is 18.9. The topological polar surface area (TPSA) is 63.1 Å². The average molecular weight is 386 g/mol. The van der Waals surface area contributed by atoms with Crippen molar-refractivity contribution < 1.29 is 4.79 Å². The fraction of sp³-hybridized carbons (Fsp3) is 0.471. The minimum absolute atomic E-state index is 0. The minimum Gasteiger partial charge on any atom is -0.338 e. The van der Waals surface area contributed by atoms with Crippen LogP contribution >= 0.6 is 24.8 Å². The first kappa shape index (κ1) is 21.4. The van der Waals surface area contributed by atoms with Crippen LogP contribution in [0, 0.1) is 19.8 Å². The first-order valence-electron chi connectivity index (χ1n) is 8.02. The number of likely N-dealkylation sites (tertiary alicyclic amines) is 1. The van der Waals surface area contributed by atoms with E-state index in [0.29, 0.717) is 11.5 Å². The highest BCUT2D eigenvalue weighted by Gasteiger charge is 2.26. The summed E-state index contributed by atoms with van der Waals surface area (Å²) in [5.41, 5.74) is 2.63. The van der Waals surface area contributed by atoms with Gasteiger partial charge in [0.1, 0.15) is 0 Å². The first-order chi connectivity index (χ1) is 11.1. The summed E-state index contributed by atoms with van der Waals surface area (Å²) in [7, 11) is 1.95. The van der Waals surface area contributed by atoms with Crippen molar-refractivity contribution in [2.45, 2.75) is 20.3 Å². The average Bonchev–Trinajstić information content (AvgIpc) is 3.14. The summed E-state index contributed by atoms with van der Waals surface area (Å²) in [5, 5.41) is 7.60. The van der Waals surface area contributed by atoms with Gasteiger partial charge in [-0.15, -0.1) is 24.8 Å². The van der Waals surface area contributed by atoms with Crippen LogP contribution in [0.3, 0.4) is 0 Å². The molecule has 0 aliphatic carbocycles. The molecule has 6 nitrogen and oxygen atoms in total. The predicted octanol–water partition coefficient (Wildman–Crippen LogP) is 2.41. The molecular formula is C17H25Cl2N5O. The Morgan fingerprint density at radius 2 is 2.08 bits per heavy atom. The van der Waals surface area contributed by atoms with Crippen LogP contribution in [0.2, 0.25) is 0 Å². The summed E-state index contributed by atoms with van der Waals surface area (Å²) in [5.74, 6) is 1.35. The number of nitrogens with zero attached hydrogens (tertiary/aromatic N) is 4. The maximum atomic E-state index is 12.6. The van der Waals surface area contributed by atoms with Gasteiger partial charge in [-0.25, -0.2) is 9.67 Å². The summed E-state index contributed by atoms with van der Waals surface area (Å²) < 4.78 is 1.79. The van der Waals surface area contributed by atoms with E-state index in [9.17, 15) is 4.79 Å². The second kappa shape index (κ2) is 9.17. The molecule has 138 valence electrons. The van der Waals surface area contributed by atoms with E-state index in [1.807, 2.05) is 44.0 Å². The van der Waals surface area contributed by atoms with E-state index in [1.165, 1.54) is 0 Å². The Labute approximate surface area is 160 Å². The van der Waals surface area contributed by atoms with E-state index in [-0.39, 0.29) is 30.7 Å². The number of hydrogen-bond acceptors (Lipinski definition) is 4. The Balaban J connectivity index is 0.00000156. The van der Waals surface area contributed by atoms with Crippen LogP contribution in [0.5, 0.6) is 0 Å². The van der Waals surface area contributed by atoms with Crippen molar-refractivity contribution in [2.24, 2.45) is 5.92 Å². The number of aromatic nitrogens is 3. The molecule has 3 heterocycles. The fourth-order valence-electron chi connectivity index (χ4n) is 3.15. The Morgan fingerprint density at radius 3 is 2.64 bits per heavy atom. The smallest absolute Gasteiger partial charge is 0.255 e. The number of nitrogens with one attached hydrogen (secondary N) is 1. The molecule has 1 N–H and O–H groups in total. The van der Waals surface area contributed by atoms with Crippen molar-refractivity contribution in [3.8, 4) is 5.82 Å². The van der Waals surface area contributed by atoms with Gasteiger partial charge in [-0.3, -0.25) is 4.79 Å². The molecule has 1 fully saturated rings. The van der Waals surface area contributed by atoms with Crippen molar-refractivity contribution in [2.75, 3.05) is 26.7 Å². The zero-order chi connectivity index (χ0) is 16.4. The van der Waals surface area contributed by atoms with Crippen LogP contribution < -0.4 is 5.32 Å². The Morgan fingerprint density at radius 1 is 1.32 bits per heavy atom. The predicted molar refractivity (Wildman–Crippen MR) is 103 cm³/mol. The monoisotopic (exact) mass is 385 g/mol. The minimum atomic E-state index is 0. The SMILES string of the molecule is CNCC1CCN(C(=O)c2ccc(-n3nc(C)cc3C)nc2)C1.Cl.Cl. The Kier molecular flexibility index (Phi) is 7.86. The molecule has 1 aliphatic rings. The van der Waals surface area contributed by atoms with Crippen LogP contribution in [0.1, 0.15) is 28.2 Å². The van der Waals surface area contributed by atoms with Crippen LogP contribution in [0.25, 0.3) is 5.82 Å². The van der Waals surface area contributed by atoms with Gasteiger partial charge in [-0.05, 0) is 58.0 Å². The molecule has 0 spiro atoms. The highest BCUT2D eigenvalue weighted by atomic mass is 35.5. The largest absolute Gasteiger partial charge is 0.338 e. The third kappa shape index (κ3) is 4.71. The van der Waals surface area contributed by atoms with Crippen molar-refractivity contribution in [3.05, 3.63) is 41.3 Å². The fourth-order valence-corrected chi connectivity index (χ4v) is 3.15. The second-order valence-electron chi connectivity index (χ2n) is 6.21. The van der Waals surface area contributed by atoms with Crippen molar-refractivity contribution in [3.63, 3.8) is 0 Å². The number of halogens is 2. The van der Waals surface area contributed by atoms with E-state index in [2.05, 4.69) is 15.4 Å². The number of rotatable bonds is 4. The lowest BCUT2D eigenvalue weighted by Crippen LogP contribution is -2.30. The third-order valence-corrected chi connectivity index (χ3v) is 4.29. The molecule has 1 atom stereocenters. The van der Waals surface area contributed by atoms with Gasteiger partial charge in [0, 0.05) is 25.0 Å². The second-order valence-corrected chi connectivity index (χ2v) is 6.21. The summed E-state index contributed by atoms with van der Waals surface area (Å²) in [6.07, 6.45) is 2.71. The molecule has 1 saturated heterocycles. The normalized spacial score (nSPS) is 16.3. The molecule has 1 amide bonds. The molecule has 3 rings (SSSR count). The number of hydrogen-bond donors (Lipinski definition) is 1. The molecule has 0 radical (unpaired) electrons. The zero-order valence-corrected chi connectivity index (χ0v) is 16.4. The van der Waals surface area contributed by atoms with Gasteiger partial charge in [0.2, 0.25) is 0 Å². The van der Waals surface area contributed by atoms with Gasteiger partial charge in [0.25, 0.3) is 5.91 Å². The van der Waals surface area contributed by atoms with Gasteiger partial charge in [0.15, 0.2) is 5.82 Å². The first-order valence-corrected chi connectivity index (χ1v) is 8.02. The van der Waals surface area contributed by atoms with E-state index in [1.54, 1.807) is 10.9 Å². The Hall–Kier alpha value is -1.63. The van der Waals surface area contributed by atoms with Crippen LogP contribution in [0.15, 0.2) is 24.4 Å². The molecule has 0 saturated carbocycles. The molecule has 1 unspecified atom stereocenters. The van der Waals surface area contributed by atoms with Crippen molar-refractivity contribution in [1.82, 2.24) is 25.0 Å². The summed E-state index contributed by atoms with van der Waals surface area (Å²) >= 11 is 0. The van der Waals surface area contributed by atoms with E-state index >= 15 is 0 Å². The number of pyridine rings is 1. The van der Waals surface area contributed by atoms with Gasteiger partial charge in [0.05, 0.1) is 11.3 Å². The third-order valence-electron chi connectivity index (χ3n) is 4.29. The standard InChI is InChI=1S/C17H23N5O.2ClH/c1-12-8-13(2)22(20-12)16-5-4-15(10-19-16)17(23)21-7-6-14(11-21)9-18-3;;/h4-5,8,10,14,18H,6-7,9,11H2,1-3H3;2*1H. The van der Waals surface area contributed by atoms with Gasteiger partial charge in [-0.2, -0.15) is 5.10 Å². The van der Waals surface area contributed by atoms with E-state index < -0.39 is 0 Å². The van der Waals surface area contributed by atoms with E-state index in [4.69, 9.17) is 0 Å². The number of carbonyl (C=O) groups excluding carboxylic acids is 1. The van der Waals surface area contributed by atoms with Gasteiger partial charge in [-0.1, -0.05) is 0 Å². The highest BCUT2D eigenvalue weighted by molar-refractivity contribution is 5.94. The maximum Gasteiger partial charge on any atom is 0.255 e. The van der Waals surface area contributed by atoms with Crippen LogP contribution in [-0.4, -0.2) is 52.3 Å². The number of amides is 1. The zero-order valence-electron chi connectivity index (χ0n) is 14.7. The molecular weight excluding hydrogens is 361 g/mol. The number of aryl methyl sites for hydroxylation is 2. The number of carbonyl (C=O) groups is 1. The summed E-state index contributed by atoms with van der Waals surface area (Å²) in [6, 6.07) is 5.70. The molecule has 25 heavy (non-hydrogen) atoms. The quantitative estimate of drug-likeness (QED) is 0.877. The van der Waals surface area contributed by atoms with Crippen molar-refractivity contribution >= 4 is 30.7 Å². The van der Waals surface area contributed by atoms with Crippen molar-refractivity contribution in [1.29, 1.82) is 0 Å². The van der Waals surface area contributed by atoms with E-state index in [0.717, 1.165) is 43.3 Å². The van der Waals surface area contributed by atoms with Gasteiger partial charge >= 0.3 is 0 Å². The lowest BCUT2D eigenvalue weighted by molar-refractivity contribution is 0.0787. The lowest BCUT2D eigenvalue weighted by Gasteiger charge is -2.16. The van der Waals surface area contributed by atoms with Gasteiger partial charge < -0.3 is 10.2 Å². The molecule has 1 aliphatic heterocycles. The molecule has 2 aromatic heterocycles. The lowest BCUT2D eigenvalue weighted by atomic mass is 10.1. The summed E-state index contributed by atoms with van der Waals surface area (Å²) in [6.45, 7) is 6.55. The molecule has 0 aromatic carbocycles.